The molecule has 1 aliphatic rings. The Balaban J connectivity index is 1.66. The second kappa shape index (κ2) is 7.83. The Morgan fingerprint density at radius 1 is 1.21 bits per heavy atom. The van der Waals surface area contributed by atoms with Crippen LogP contribution in [0.2, 0.25) is 5.02 Å². The van der Waals surface area contributed by atoms with E-state index in [1.54, 1.807) is 26.8 Å². The Labute approximate surface area is 166 Å². The number of amides is 1. The Hall–Kier alpha value is -2.54. The van der Waals surface area contributed by atoms with Crippen LogP contribution < -0.4 is 15.7 Å². The first-order valence-corrected chi connectivity index (χ1v) is 9.47. The summed E-state index contributed by atoms with van der Waals surface area (Å²) in [5.74, 6) is -0.474. The molecule has 7 nitrogen and oxygen atoms in total. The molecule has 1 aromatic heterocycles. The van der Waals surface area contributed by atoms with E-state index in [1.807, 2.05) is 0 Å². The van der Waals surface area contributed by atoms with Crippen LogP contribution in [0.15, 0.2) is 21.3 Å². The highest BCUT2D eigenvalue weighted by Gasteiger charge is 2.21. The highest BCUT2D eigenvalue weighted by molar-refractivity contribution is 6.33. The molecule has 0 fully saturated rings. The Morgan fingerprint density at radius 2 is 1.93 bits per heavy atom. The molecule has 150 valence electrons. The molecule has 0 radical (unpaired) electrons. The number of carbonyl (C=O) groups is 2. The molecule has 1 N–H and O–H groups in total. The number of hydrogen-bond donors (Lipinski definition) is 1. The number of halogens is 1. The molecule has 0 spiro atoms. The fourth-order valence-electron chi connectivity index (χ4n) is 3.12. The Morgan fingerprint density at radius 3 is 2.64 bits per heavy atom. The third-order valence-corrected chi connectivity index (χ3v) is 4.54. The van der Waals surface area contributed by atoms with Crippen LogP contribution in [0.25, 0.3) is 11.0 Å². The second-order valence-corrected chi connectivity index (χ2v) is 8.04. The van der Waals surface area contributed by atoms with E-state index in [-0.39, 0.29) is 29.4 Å². The van der Waals surface area contributed by atoms with Gasteiger partial charge in [0.05, 0.1) is 11.4 Å². The lowest BCUT2D eigenvalue weighted by Gasteiger charge is -2.19. The first-order valence-electron chi connectivity index (χ1n) is 9.10. The number of rotatable bonds is 4. The smallest absolute Gasteiger partial charge is 0.407 e. The molecule has 1 aliphatic carbocycles. The SMILES string of the molecule is CC(C)(C)OC(=O)NCCC(=O)Oc1cc2oc(=O)c3c(c2cc1Cl)CCC3. The lowest BCUT2D eigenvalue weighted by Crippen LogP contribution is -2.34. The summed E-state index contributed by atoms with van der Waals surface area (Å²) in [6.07, 6.45) is 1.72. The van der Waals surface area contributed by atoms with Crippen molar-refractivity contribution in [2.24, 2.45) is 0 Å². The minimum Gasteiger partial charge on any atom is -0.444 e. The summed E-state index contributed by atoms with van der Waals surface area (Å²) < 4.78 is 15.7. The maximum atomic E-state index is 12.1. The van der Waals surface area contributed by atoms with E-state index in [1.165, 1.54) is 6.07 Å². The number of alkyl carbamates (subject to hydrolysis) is 1. The second-order valence-electron chi connectivity index (χ2n) is 7.63. The van der Waals surface area contributed by atoms with Crippen LogP contribution >= 0.6 is 11.6 Å². The van der Waals surface area contributed by atoms with Gasteiger partial charge in [-0.2, -0.15) is 0 Å². The van der Waals surface area contributed by atoms with E-state index in [9.17, 15) is 14.4 Å². The van der Waals surface area contributed by atoms with E-state index in [0.29, 0.717) is 17.6 Å². The van der Waals surface area contributed by atoms with Gasteiger partial charge in [-0.15, -0.1) is 0 Å². The van der Waals surface area contributed by atoms with Gasteiger partial charge in [0.1, 0.15) is 11.2 Å². The van der Waals surface area contributed by atoms with E-state index in [4.69, 9.17) is 25.5 Å². The number of fused-ring (bicyclic) bond motifs is 3. The number of hydrogen-bond acceptors (Lipinski definition) is 6. The maximum absolute atomic E-state index is 12.1. The van der Waals surface area contributed by atoms with Gasteiger partial charge in [-0.25, -0.2) is 9.59 Å². The summed E-state index contributed by atoms with van der Waals surface area (Å²) in [6.45, 7) is 5.30. The number of aryl methyl sites for hydroxylation is 1. The van der Waals surface area contributed by atoms with Crippen LogP contribution in [0.4, 0.5) is 4.79 Å². The zero-order valence-corrected chi connectivity index (χ0v) is 16.8. The van der Waals surface area contributed by atoms with Gasteiger partial charge in [-0.3, -0.25) is 4.79 Å². The summed E-state index contributed by atoms with van der Waals surface area (Å²) in [7, 11) is 0. The molecule has 2 aromatic rings. The van der Waals surface area contributed by atoms with Crippen molar-refractivity contribution < 1.29 is 23.5 Å². The van der Waals surface area contributed by atoms with Crippen molar-refractivity contribution in [3.63, 3.8) is 0 Å². The molecule has 0 saturated heterocycles. The highest BCUT2D eigenvalue weighted by atomic mass is 35.5. The van der Waals surface area contributed by atoms with Crippen LogP contribution in [-0.2, 0) is 22.4 Å². The molecule has 0 aliphatic heterocycles. The average Bonchev–Trinajstić information content (AvgIpc) is 3.05. The first kappa shape index (κ1) is 20.2. The van der Waals surface area contributed by atoms with Crippen molar-refractivity contribution in [1.82, 2.24) is 5.32 Å². The monoisotopic (exact) mass is 407 g/mol. The fraction of sp³-hybridized carbons (Fsp3) is 0.450. The van der Waals surface area contributed by atoms with Crippen molar-refractivity contribution >= 4 is 34.6 Å². The number of ether oxygens (including phenoxy) is 2. The molecule has 0 saturated carbocycles. The topological polar surface area (TPSA) is 94.8 Å². The fourth-order valence-corrected chi connectivity index (χ4v) is 3.32. The number of nitrogens with one attached hydrogen (secondary N) is 1. The standard InChI is InChI=1S/C20H22ClNO6/c1-20(2,3)28-19(25)22-8-7-17(23)26-16-10-15-13(9-14(16)21)11-5-4-6-12(11)18(24)27-15/h9-10H,4-8H2,1-3H3,(H,22,25). The molecule has 1 heterocycles. The number of esters is 1. The van der Waals surface area contributed by atoms with E-state index in [0.717, 1.165) is 23.8 Å². The third-order valence-electron chi connectivity index (χ3n) is 4.25. The lowest BCUT2D eigenvalue weighted by molar-refractivity contribution is -0.134. The van der Waals surface area contributed by atoms with E-state index < -0.39 is 17.7 Å². The lowest BCUT2D eigenvalue weighted by atomic mass is 10.1. The largest absolute Gasteiger partial charge is 0.444 e. The summed E-state index contributed by atoms with van der Waals surface area (Å²) in [6, 6.07) is 3.11. The number of benzene rings is 1. The molecule has 1 amide bonds. The summed E-state index contributed by atoms with van der Waals surface area (Å²) in [5, 5.41) is 3.50. The normalized spacial score (nSPS) is 13.3. The van der Waals surface area contributed by atoms with Gasteiger partial charge in [0, 0.05) is 23.6 Å². The molecule has 3 rings (SSSR count). The molecule has 28 heavy (non-hydrogen) atoms. The highest BCUT2D eigenvalue weighted by Crippen LogP contribution is 2.34. The number of carbonyl (C=O) groups excluding carboxylic acids is 2. The van der Waals surface area contributed by atoms with Crippen molar-refractivity contribution in [2.75, 3.05) is 6.54 Å². The molecule has 1 aromatic carbocycles. The van der Waals surface area contributed by atoms with Crippen LogP contribution in [0.5, 0.6) is 5.75 Å². The Kier molecular flexibility index (Phi) is 5.65. The zero-order valence-electron chi connectivity index (χ0n) is 16.0. The molecule has 0 unspecified atom stereocenters. The van der Waals surface area contributed by atoms with Crippen molar-refractivity contribution in [3.05, 3.63) is 38.7 Å². The minimum atomic E-state index is -0.618. The van der Waals surface area contributed by atoms with Crippen LogP contribution in [-0.4, -0.2) is 24.2 Å². The minimum absolute atomic E-state index is 0.0571. The van der Waals surface area contributed by atoms with Gasteiger partial charge < -0.3 is 19.2 Å². The summed E-state index contributed by atoms with van der Waals surface area (Å²) >= 11 is 6.26. The maximum Gasteiger partial charge on any atom is 0.407 e. The molecule has 8 heteroatoms. The zero-order chi connectivity index (χ0) is 20.5. The van der Waals surface area contributed by atoms with Crippen LogP contribution in [0.1, 0.15) is 44.7 Å². The molecular formula is C20H22ClNO6. The van der Waals surface area contributed by atoms with Crippen LogP contribution in [0, 0.1) is 0 Å². The quantitative estimate of drug-likeness (QED) is 0.471. The summed E-state index contributed by atoms with van der Waals surface area (Å²) in [4.78, 5) is 35.7. The Bertz CT molecular complexity index is 989. The van der Waals surface area contributed by atoms with Gasteiger partial charge >= 0.3 is 17.7 Å². The third kappa shape index (κ3) is 4.65. The molecular weight excluding hydrogens is 386 g/mol. The van der Waals surface area contributed by atoms with Gasteiger partial charge in [-0.05, 0) is 51.7 Å². The molecule has 0 bridgehead atoms. The van der Waals surface area contributed by atoms with Gasteiger partial charge in [0.2, 0.25) is 0 Å². The van der Waals surface area contributed by atoms with Crippen molar-refractivity contribution in [2.45, 2.75) is 52.1 Å². The van der Waals surface area contributed by atoms with Gasteiger partial charge in [0.25, 0.3) is 0 Å². The van der Waals surface area contributed by atoms with Crippen molar-refractivity contribution in [1.29, 1.82) is 0 Å². The van der Waals surface area contributed by atoms with E-state index >= 15 is 0 Å². The van der Waals surface area contributed by atoms with E-state index in [2.05, 4.69) is 5.32 Å². The summed E-state index contributed by atoms with van der Waals surface area (Å²) in [5.41, 5.74) is 1.01. The molecule has 0 atom stereocenters. The van der Waals surface area contributed by atoms with Crippen molar-refractivity contribution in [3.8, 4) is 5.75 Å². The van der Waals surface area contributed by atoms with Crippen LogP contribution in [0.3, 0.4) is 0 Å². The predicted molar refractivity (Wildman–Crippen MR) is 104 cm³/mol. The predicted octanol–water partition coefficient (Wildman–Crippen LogP) is 3.76. The van der Waals surface area contributed by atoms with Gasteiger partial charge in [-0.1, -0.05) is 11.6 Å². The van der Waals surface area contributed by atoms with Gasteiger partial charge in [0.15, 0.2) is 5.75 Å². The average molecular weight is 408 g/mol. The first-order chi connectivity index (χ1) is 13.1.